The number of hydrogen-bond donors (Lipinski definition) is 0. The molecule has 0 amide bonds. The van der Waals surface area contributed by atoms with Crippen LogP contribution in [0.4, 0.5) is 4.70 Å². The van der Waals surface area contributed by atoms with Gasteiger partial charge in [0.2, 0.25) is 0 Å². The second-order valence-corrected chi connectivity index (χ2v) is 1.71. The standard InChI is InChI=1S/C6H14.FH.S/c1-3-5-6-4-2;;/h3-6H2,1-2H3;1H;. The first-order valence-corrected chi connectivity index (χ1v) is 2.91. The van der Waals surface area contributed by atoms with Crippen molar-refractivity contribution < 1.29 is 4.70 Å². The molecule has 0 nitrogen and oxygen atoms in total. The van der Waals surface area contributed by atoms with Crippen molar-refractivity contribution in [3.05, 3.63) is 0 Å². The minimum absolute atomic E-state index is 0. The Morgan fingerprint density at radius 1 is 0.875 bits per heavy atom. The fraction of sp³-hybridized carbons (Fsp3) is 1.00. The summed E-state index contributed by atoms with van der Waals surface area (Å²) in [6.45, 7) is 4.46. The molecule has 0 fully saturated rings. The van der Waals surface area contributed by atoms with E-state index in [2.05, 4.69) is 13.8 Å². The molecule has 0 spiro atoms. The van der Waals surface area contributed by atoms with Gasteiger partial charge in [0.1, 0.15) is 0 Å². The normalized spacial score (nSPS) is 6.75. The Bertz CT molecular complexity index is 20.5. The summed E-state index contributed by atoms with van der Waals surface area (Å²) in [6.07, 6.45) is 5.54. The van der Waals surface area contributed by atoms with E-state index in [0.29, 0.717) is 0 Å². The van der Waals surface area contributed by atoms with Crippen LogP contribution in [0.1, 0.15) is 39.5 Å². The van der Waals surface area contributed by atoms with Crippen LogP contribution in [0.3, 0.4) is 0 Å². The minimum Gasteiger partial charge on any atom is -0.269 e. The van der Waals surface area contributed by atoms with Crippen LogP contribution in [0.15, 0.2) is 0 Å². The summed E-state index contributed by atoms with van der Waals surface area (Å²) in [6, 6.07) is 0. The van der Waals surface area contributed by atoms with E-state index in [1.807, 2.05) is 0 Å². The van der Waals surface area contributed by atoms with E-state index in [-0.39, 0.29) is 18.2 Å². The predicted molar refractivity (Wildman–Crippen MR) is 39.9 cm³/mol. The number of hydrogen-bond acceptors (Lipinski definition) is 0. The fourth-order valence-corrected chi connectivity index (χ4v) is 0.500. The molecule has 0 heterocycles. The molecule has 0 rings (SSSR count). The van der Waals surface area contributed by atoms with Crippen molar-refractivity contribution >= 4 is 13.5 Å². The second kappa shape index (κ2) is 15.7. The Labute approximate surface area is 58.5 Å². The average Bonchev–Trinajstić information content (AvgIpc) is 1.61. The summed E-state index contributed by atoms with van der Waals surface area (Å²) in [5.74, 6) is 0. The van der Waals surface area contributed by atoms with Gasteiger partial charge < -0.3 is 0 Å². The van der Waals surface area contributed by atoms with Crippen molar-refractivity contribution in [3.63, 3.8) is 0 Å². The third-order valence-electron chi connectivity index (χ3n) is 0.957. The van der Waals surface area contributed by atoms with E-state index in [1.165, 1.54) is 25.7 Å². The van der Waals surface area contributed by atoms with E-state index in [1.54, 1.807) is 0 Å². The molecule has 0 aliphatic heterocycles. The van der Waals surface area contributed by atoms with Gasteiger partial charge in [-0.15, -0.1) is 0 Å². The Hall–Kier alpha value is 0.280. The molecule has 2 radical (unpaired) electrons. The van der Waals surface area contributed by atoms with Crippen LogP contribution < -0.4 is 0 Å². The molecule has 0 atom stereocenters. The Morgan fingerprint density at radius 3 is 1.25 bits per heavy atom. The van der Waals surface area contributed by atoms with E-state index >= 15 is 0 Å². The molecule has 0 saturated carbocycles. The molecule has 0 aliphatic carbocycles. The highest BCUT2D eigenvalue weighted by atomic mass is 32.1. The lowest BCUT2D eigenvalue weighted by molar-refractivity contribution is 0.702. The molecule has 0 saturated heterocycles. The van der Waals surface area contributed by atoms with Crippen LogP contribution >= 0.6 is 13.5 Å². The maximum Gasteiger partial charge on any atom is 0 e. The van der Waals surface area contributed by atoms with Gasteiger partial charge in [-0.25, -0.2) is 0 Å². The molecule has 0 aromatic heterocycles. The third kappa shape index (κ3) is 16.3. The van der Waals surface area contributed by atoms with E-state index < -0.39 is 0 Å². The van der Waals surface area contributed by atoms with Crippen molar-refractivity contribution in [3.8, 4) is 0 Å². The van der Waals surface area contributed by atoms with Crippen LogP contribution in [0.2, 0.25) is 0 Å². The second-order valence-electron chi connectivity index (χ2n) is 1.71. The van der Waals surface area contributed by atoms with Gasteiger partial charge in [-0.3, -0.25) is 4.70 Å². The predicted octanol–water partition coefficient (Wildman–Crippen LogP) is 3.39. The summed E-state index contributed by atoms with van der Waals surface area (Å²) in [7, 11) is 0. The average molecular weight is 138 g/mol. The van der Waals surface area contributed by atoms with Crippen LogP contribution in [0.25, 0.3) is 0 Å². The number of unbranched alkanes of at least 4 members (excludes halogenated alkanes) is 3. The van der Waals surface area contributed by atoms with Crippen molar-refractivity contribution in [2.75, 3.05) is 0 Å². The van der Waals surface area contributed by atoms with E-state index in [0.717, 1.165) is 0 Å². The van der Waals surface area contributed by atoms with Gasteiger partial charge in [-0.05, 0) is 0 Å². The molecular weight excluding hydrogens is 123 g/mol. The van der Waals surface area contributed by atoms with Gasteiger partial charge >= 0.3 is 0 Å². The minimum atomic E-state index is 0. The van der Waals surface area contributed by atoms with Crippen molar-refractivity contribution in [2.24, 2.45) is 0 Å². The fourth-order valence-electron chi connectivity index (χ4n) is 0.500. The first kappa shape index (κ1) is 15.7. The van der Waals surface area contributed by atoms with Crippen molar-refractivity contribution in [1.29, 1.82) is 0 Å². The first-order chi connectivity index (χ1) is 2.91. The lowest BCUT2D eigenvalue weighted by Crippen LogP contribution is -1.66. The zero-order valence-electron chi connectivity index (χ0n) is 5.64. The van der Waals surface area contributed by atoms with Gasteiger partial charge in [-0.1, -0.05) is 39.5 Å². The lowest BCUT2D eigenvalue weighted by Gasteiger charge is -1.86. The Balaban J connectivity index is -0.000000125. The van der Waals surface area contributed by atoms with Crippen molar-refractivity contribution in [2.45, 2.75) is 39.5 Å². The van der Waals surface area contributed by atoms with E-state index in [9.17, 15) is 0 Å². The SMILES string of the molecule is CCCCCC.F.[S]. The molecule has 0 aromatic carbocycles. The highest BCUT2D eigenvalue weighted by Gasteiger charge is 1.75. The van der Waals surface area contributed by atoms with E-state index in [4.69, 9.17) is 0 Å². The molecule has 52 valence electrons. The largest absolute Gasteiger partial charge is 0.269 e. The molecule has 0 N–H and O–H groups in total. The highest BCUT2D eigenvalue weighted by molar-refractivity contribution is 7.59. The molecule has 0 bridgehead atoms. The summed E-state index contributed by atoms with van der Waals surface area (Å²) in [4.78, 5) is 0. The van der Waals surface area contributed by atoms with Gasteiger partial charge in [0, 0.05) is 13.5 Å². The summed E-state index contributed by atoms with van der Waals surface area (Å²) in [5.41, 5.74) is 0. The van der Waals surface area contributed by atoms with Gasteiger partial charge in [0.05, 0.1) is 0 Å². The van der Waals surface area contributed by atoms with Crippen LogP contribution in [-0.2, 0) is 0 Å². The topological polar surface area (TPSA) is 0 Å². The molecule has 0 aliphatic rings. The first-order valence-electron chi connectivity index (χ1n) is 2.91. The smallest absolute Gasteiger partial charge is 0 e. The lowest BCUT2D eigenvalue weighted by atomic mass is 10.2. The number of rotatable bonds is 3. The molecule has 8 heavy (non-hydrogen) atoms. The Kier molecular flexibility index (Phi) is 30.8. The summed E-state index contributed by atoms with van der Waals surface area (Å²) >= 11 is 0. The maximum absolute atomic E-state index is 2.23. The van der Waals surface area contributed by atoms with Crippen molar-refractivity contribution in [1.82, 2.24) is 0 Å². The molecule has 0 aromatic rings. The zero-order chi connectivity index (χ0) is 4.83. The number of halogens is 1. The zero-order valence-corrected chi connectivity index (χ0v) is 6.46. The quantitative estimate of drug-likeness (QED) is 0.524. The monoisotopic (exact) mass is 138 g/mol. The van der Waals surface area contributed by atoms with Gasteiger partial charge in [0.15, 0.2) is 0 Å². The summed E-state index contributed by atoms with van der Waals surface area (Å²) in [5, 5.41) is 0. The summed E-state index contributed by atoms with van der Waals surface area (Å²) < 4.78 is 0. The Morgan fingerprint density at radius 2 is 1.12 bits per heavy atom. The molecule has 0 unspecified atom stereocenters. The maximum atomic E-state index is 2.23. The molecule has 2 heteroatoms. The van der Waals surface area contributed by atoms with Crippen LogP contribution in [-0.4, -0.2) is 0 Å². The van der Waals surface area contributed by atoms with Crippen LogP contribution in [0, 0.1) is 0 Å². The third-order valence-corrected chi connectivity index (χ3v) is 0.957. The molecular formula is C6H15FS. The van der Waals surface area contributed by atoms with Crippen LogP contribution in [0.5, 0.6) is 0 Å². The van der Waals surface area contributed by atoms with Gasteiger partial charge in [-0.2, -0.15) is 0 Å². The highest BCUT2D eigenvalue weighted by Crippen LogP contribution is 1.95. The van der Waals surface area contributed by atoms with Gasteiger partial charge in [0.25, 0.3) is 0 Å².